The Morgan fingerprint density at radius 1 is 1.33 bits per heavy atom. The van der Waals surface area contributed by atoms with Gasteiger partial charge in [0.2, 0.25) is 5.16 Å². The largest absolute Gasteiger partial charge is 0.462 e. The van der Waals surface area contributed by atoms with Gasteiger partial charge in [-0.3, -0.25) is 9.89 Å². The minimum atomic E-state index is -0.165. The Balaban J connectivity index is 1.69. The van der Waals surface area contributed by atoms with E-state index in [1.165, 1.54) is 11.8 Å². The van der Waals surface area contributed by atoms with Crippen molar-refractivity contribution in [2.45, 2.75) is 64.6 Å². The summed E-state index contributed by atoms with van der Waals surface area (Å²) in [5, 5.41) is 7.35. The zero-order chi connectivity index (χ0) is 15.5. The number of carbonyl (C=O) groups excluding carboxylic acids is 1. The van der Waals surface area contributed by atoms with E-state index in [4.69, 9.17) is 4.74 Å². The summed E-state index contributed by atoms with van der Waals surface area (Å²) in [5.74, 6) is 1.60. The third-order valence-electron chi connectivity index (χ3n) is 4.09. The highest BCUT2D eigenvalue weighted by atomic mass is 32.2. The first-order valence-corrected chi connectivity index (χ1v) is 8.54. The molecule has 1 aromatic rings. The van der Waals surface area contributed by atoms with E-state index in [1.807, 2.05) is 6.92 Å². The molecule has 21 heavy (non-hydrogen) atoms. The van der Waals surface area contributed by atoms with Crippen LogP contribution in [0.25, 0.3) is 0 Å². The van der Waals surface area contributed by atoms with Crippen molar-refractivity contribution >= 4 is 17.7 Å². The lowest BCUT2D eigenvalue weighted by molar-refractivity contribution is -0.148. The Morgan fingerprint density at radius 3 is 2.52 bits per heavy atom. The third-order valence-corrected chi connectivity index (χ3v) is 4.91. The molecule has 1 aliphatic rings. The Morgan fingerprint density at radius 2 is 2.00 bits per heavy atom. The van der Waals surface area contributed by atoms with Gasteiger partial charge in [0, 0.05) is 0 Å². The van der Waals surface area contributed by atoms with E-state index in [0.29, 0.717) is 10.6 Å². The molecule has 6 heteroatoms. The second-order valence-corrected chi connectivity index (χ2v) is 7.76. The molecule has 1 fully saturated rings. The smallest absolute Gasteiger partial charge is 0.316 e. The third kappa shape index (κ3) is 5.02. The number of rotatable bonds is 4. The molecule has 0 unspecified atom stereocenters. The fourth-order valence-electron chi connectivity index (χ4n) is 2.78. The van der Waals surface area contributed by atoms with Gasteiger partial charge in [0.25, 0.3) is 0 Å². The van der Waals surface area contributed by atoms with Crippen molar-refractivity contribution in [1.82, 2.24) is 15.2 Å². The molecule has 1 saturated carbocycles. The molecule has 5 nitrogen and oxygen atoms in total. The van der Waals surface area contributed by atoms with Gasteiger partial charge in [-0.1, -0.05) is 32.5 Å². The SMILES string of the molecule is Cc1nc(SCC(=O)OC2CCC(C(C)(C)C)CC2)n[nH]1. The predicted molar refractivity (Wildman–Crippen MR) is 83.1 cm³/mol. The molecular formula is C15H25N3O2S. The van der Waals surface area contributed by atoms with Crippen LogP contribution in [0.15, 0.2) is 5.16 Å². The van der Waals surface area contributed by atoms with E-state index in [2.05, 4.69) is 36.0 Å². The minimum absolute atomic E-state index is 0.0885. The number of aryl methyl sites for hydroxylation is 1. The molecule has 0 bridgehead atoms. The topological polar surface area (TPSA) is 67.9 Å². The van der Waals surface area contributed by atoms with Crippen molar-refractivity contribution in [2.24, 2.45) is 11.3 Å². The van der Waals surface area contributed by atoms with Crippen LogP contribution in [0.5, 0.6) is 0 Å². The van der Waals surface area contributed by atoms with E-state index in [0.717, 1.165) is 37.4 Å². The number of ether oxygens (including phenoxy) is 1. The molecule has 1 N–H and O–H groups in total. The van der Waals surface area contributed by atoms with E-state index < -0.39 is 0 Å². The fourth-order valence-corrected chi connectivity index (χ4v) is 3.40. The zero-order valence-corrected chi connectivity index (χ0v) is 14.1. The highest BCUT2D eigenvalue weighted by Gasteiger charge is 2.31. The normalized spacial score (nSPS) is 23.0. The van der Waals surface area contributed by atoms with Gasteiger partial charge in [0.15, 0.2) is 0 Å². The van der Waals surface area contributed by atoms with E-state index in [-0.39, 0.29) is 17.8 Å². The van der Waals surface area contributed by atoms with Crippen molar-refractivity contribution in [3.05, 3.63) is 5.82 Å². The summed E-state index contributed by atoms with van der Waals surface area (Å²) in [6.45, 7) is 8.71. The second-order valence-electron chi connectivity index (χ2n) is 6.82. The van der Waals surface area contributed by atoms with Crippen molar-refractivity contribution < 1.29 is 9.53 Å². The van der Waals surface area contributed by atoms with Gasteiger partial charge in [-0.25, -0.2) is 4.98 Å². The van der Waals surface area contributed by atoms with Gasteiger partial charge in [-0.15, -0.1) is 5.10 Å². The van der Waals surface area contributed by atoms with Crippen LogP contribution in [-0.2, 0) is 9.53 Å². The molecule has 2 rings (SSSR count). The summed E-state index contributed by atoms with van der Waals surface area (Å²) in [4.78, 5) is 16.0. The lowest BCUT2D eigenvalue weighted by atomic mass is 9.72. The van der Waals surface area contributed by atoms with E-state index in [9.17, 15) is 4.79 Å². The van der Waals surface area contributed by atoms with Crippen LogP contribution in [0.1, 0.15) is 52.3 Å². The Kier molecular flexibility index (Phi) is 5.30. The summed E-state index contributed by atoms with van der Waals surface area (Å²) in [5.41, 5.74) is 0.355. The highest BCUT2D eigenvalue weighted by molar-refractivity contribution is 7.99. The molecule has 0 radical (unpaired) electrons. The molecule has 118 valence electrons. The van der Waals surface area contributed by atoms with Gasteiger partial charge >= 0.3 is 5.97 Å². The maximum absolute atomic E-state index is 11.9. The summed E-state index contributed by atoms with van der Waals surface area (Å²) in [7, 11) is 0. The van der Waals surface area contributed by atoms with Crippen LogP contribution < -0.4 is 0 Å². The molecule has 0 atom stereocenters. The van der Waals surface area contributed by atoms with Gasteiger partial charge < -0.3 is 4.74 Å². The monoisotopic (exact) mass is 311 g/mol. The number of thioether (sulfide) groups is 1. The number of hydrogen-bond acceptors (Lipinski definition) is 5. The average molecular weight is 311 g/mol. The van der Waals surface area contributed by atoms with Crippen LogP contribution in [-0.4, -0.2) is 33.0 Å². The first kappa shape index (κ1) is 16.3. The summed E-state index contributed by atoms with van der Waals surface area (Å²) < 4.78 is 5.56. The first-order valence-electron chi connectivity index (χ1n) is 7.56. The molecule has 1 aromatic heterocycles. The fraction of sp³-hybridized carbons (Fsp3) is 0.800. The van der Waals surface area contributed by atoms with Gasteiger partial charge in [0.1, 0.15) is 11.9 Å². The van der Waals surface area contributed by atoms with Crippen LogP contribution >= 0.6 is 11.8 Å². The Labute approximate surface area is 130 Å². The minimum Gasteiger partial charge on any atom is -0.462 e. The van der Waals surface area contributed by atoms with E-state index >= 15 is 0 Å². The van der Waals surface area contributed by atoms with Crippen LogP contribution in [0, 0.1) is 18.3 Å². The zero-order valence-electron chi connectivity index (χ0n) is 13.3. The maximum atomic E-state index is 11.9. The molecule has 0 aromatic carbocycles. The standard InChI is InChI=1S/C15H25N3O2S/c1-10-16-14(18-17-10)21-9-13(19)20-12-7-5-11(6-8-12)15(2,3)4/h11-12H,5-9H2,1-4H3,(H,16,17,18). The van der Waals surface area contributed by atoms with Crippen LogP contribution in [0.4, 0.5) is 0 Å². The summed E-state index contributed by atoms with van der Waals surface area (Å²) >= 11 is 1.31. The molecule has 0 amide bonds. The molecule has 0 aliphatic heterocycles. The number of aromatic amines is 1. The molecular weight excluding hydrogens is 286 g/mol. The average Bonchev–Trinajstić information content (AvgIpc) is 2.82. The Hall–Kier alpha value is -1.04. The number of carbonyl (C=O) groups is 1. The van der Waals surface area contributed by atoms with Crippen molar-refractivity contribution in [3.8, 4) is 0 Å². The highest BCUT2D eigenvalue weighted by Crippen LogP contribution is 2.38. The summed E-state index contributed by atoms with van der Waals surface area (Å²) in [6, 6.07) is 0. The molecule has 1 aliphatic carbocycles. The van der Waals surface area contributed by atoms with Crippen molar-refractivity contribution in [3.63, 3.8) is 0 Å². The van der Waals surface area contributed by atoms with Crippen molar-refractivity contribution in [1.29, 1.82) is 0 Å². The van der Waals surface area contributed by atoms with Gasteiger partial charge in [-0.2, -0.15) is 0 Å². The molecule has 1 heterocycles. The molecule has 0 saturated heterocycles. The number of hydrogen-bond donors (Lipinski definition) is 1. The summed E-state index contributed by atoms with van der Waals surface area (Å²) in [6.07, 6.45) is 4.35. The second kappa shape index (κ2) is 6.81. The van der Waals surface area contributed by atoms with Gasteiger partial charge in [0.05, 0.1) is 5.75 Å². The quantitative estimate of drug-likeness (QED) is 0.682. The number of nitrogens with zero attached hydrogens (tertiary/aromatic N) is 2. The number of nitrogens with one attached hydrogen (secondary N) is 1. The lowest BCUT2D eigenvalue weighted by Crippen LogP contribution is -2.30. The molecule has 0 spiro atoms. The number of aromatic nitrogens is 3. The van der Waals surface area contributed by atoms with Gasteiger partial charge in [-0.05, 0) is 43.9 Å². The first-order chi connectivity index (χ1) is 9.84. The van der Waals surface area contributed by atoms with Crippen LogP contribution in [0.3, 0.4) is 0 Å². The van der Waals surface area contributed by atoms with Crippen molar-refractivity contribution in [2.75, 3.05) is 5.75 Å². The Bertz CT molecular complexity index is 474. The lowest BCUT2D eigenvalue weighted by Gasteiger charge is -2.36. The number of H-pyrrole nitrogens is 1. The van der Waals surface area contributed by atoms with Crippen LogP contribution in [0.2, 0.25) is 0 Å². The maximum Gasteiger partial charge on any atom is 0.316 e. The number of esters is 1. The predicted octanol–water partition coefficient (Wildman–Crippen LogP) is 3.35. The van der Waals surface area contributed by atoms with E-state index in [1.54, 1.807) is 0 Å².